The number of nitrogen functional groups attached to an aromatic ring is 1. The van der Waals surface area contributed by atoms with Gasteiger partial charge < -0.3 is 20.7 Å². The van der Waals surface area contributed by atoms with Gasteiger partial charge in [-0.25, -0.2) is 9.78 Å². The maximum Gasteiger partial charge on any atom is 0.332 e. The third-order valence-corrected chi connectivity index (χ3v) is 6.69. The Kier molecular flexibility index (Phi) is 9.09. The lowest BCUT2D eigenvalue weighted by atomic mass is 10.1. The molecule has 1 aromatic carbocycles. The first kappa shape index (κ1) is 27.3. The average Bonchev–Trinajstić information content (AvgIpc) is 3.28. The monoisotopic (exact) mass is 519 g/mol. The summed E-state index contributed by atoms with van der Waals surface area (Å²) in [6.45, 7) is 6.07. The van der Waals surface area contributed by atoms with Crippen molar-refractivity contribution in [3.8, 4) is 0 Å². The molecule has 0 amide bonds. The molecule has 4 aromatic rings. The largest absolute Gasteiger partial charge is 0.399 e. The Bertz CT molecular complexity index is 1460. The molecule has 0 aliphatic rings. The van der Waals surface area contributed by atoms with E-state index in [0.29, 0.717) is 81.1 Å². The minimum Gasteiger partial charge on any atom is -0.399 e. The second-order valence-corrected chi connectivity index (χ2v) is 9.54. The molecular formula is C28H37N7O3. The van der Waals surface area contributed by atoms with Crippen LogP contribution in [-0.2, 0) is 32.5 Å². The van der Waals surface area contributed by atoms with Crippen LogP contribution in [0, 0.1) is 0 Å². The molecule has 0 bridgehead atoms. The summed E-state index contributed by atoms with van der Waals surface area (Å²) < 4.78 is 4.87. The topological polar surface area (TPSA) is 133 Å². The third kappa shape index (κ3) is 6.20. The molecule has 4 rings (SSSR count). The summed E-state index contributed by atoms with van der Waals surface area (Å²) in [6.07, 6.45) is 5.46. The lowest BCUT2D eigenvalue weighted by molar-refractivity contribution is 0.167. The van der Waals surface area contributed by atoms with Crippen molar-refractivity contribution in [1.82, 2.24) is 29.0 Å². The number of pyridine rings is 1. The minimum atomic E-state index is -0.426. The van der Waals surface area contributed by atoms with Gasteiger partial charge in [0.05, 0.1) is 6.10 Å². The Morgan fingerprint density at radius 1 is 1.00 bits per heavy atom. The first-order valence-corrected chi connectivity index (χ1v) is 13.3. The number of aryl methyl sites for hydroxylation is 2. The van der Waals surface area contributed by atoms with Crippen molar-refractivity contribution >= 4 is 16.9 Å². The van der Waals surface area contributed by atoms with Crippen LogP contribution in [0.4, 0.5) is 5.69 Å². The third-order valence-electron chi connectivity index (χ3n) is 6.69. The van der Waals surface area contributed by atoms with Gasteiger partial charge in [-0.05, 0) is 48.6 Å². The van der Waals surface area contributed by atoms with Gasteiger partial charge in [-0.15, -0.1) is 0 Å². The summed E-state index contributed by atoms with van der Waals surface area (Å²) in [5.41, 5.74) is 8.67. The number of nitrogens with two attached hydrogens (primary N) is 1. The fraction of sp³-hybridized carbons (Fsp3) is 0.429. The van der Waals surface area contributed by atoms with Crippen molar-refractivity contribution in [1.29, 1.82) is 0 Å². The number of hydrogen-bond donors (Lipinski definition) is 3. The van der Waals surface area contributed by atoms with Crippen LogP contribution in [0.5, 0.6) is 0 Å². The zero-order valence-corrected chi connectivity index (χ0v) is 22.1. The first-order valence-electron chi connectivity index (χ1n) is 13.3. The number of imidazole rings is 1. The van der Waals surface area contributed by atoms with Crippen LogP contribution in [0.2, 0.25) is 0 Å². The van der Waals surface area contributed by atoms with Crippen LogP contribution >= 0.6 is 0 Å². The summed E-state index contributed by atoms with van der Waals surface area (Å²) in [4.78, 5) is 36.3. The number of rotatable bonds is 13. The zero-order chi connectivity index (χ0) is 27.1. The highest BCUT2D eigenvalue weighted by atomic mass is 16.3. The van der Waals surface area contributed by atoms with Gasteiger partial charge in [-0.1, -0.05) is 32.0 Å². The minimum absolute atomic E-state index is 0.325. The molecule has 0 fully saturated rings. The molecule has 4 N–H and O–H groups in total. The van der Waals surface area contributed by atoms with Crippen molar-refractivity contribution in [3.05, 3.63) is 86.6 Å². The Balaban J connectivity index is 1.80. The van der Waals surface area contributed by atoms with Crippen molar-refractivity contribution in [3.63, 3.8) is 0 Å². The normalized spacial score (nSPS) is 12.3. The zero-order valence-electron chi connectivity index (χ0n) is 22.1. The fourth-order valence-corrected chi connectivity index (χ4v) is 4.55. The Morgan fingerprint density at radius 3 is 2.47 bits per heavy atom. The van der Waals surface area contributed by atoms with Crippen molar-refractivity contribution < 1.29 is 5.11 Å². The number of fused-ring (bicyclic) bond motifs is 1. The number of anilines is 1. The van der Waals surface area contributed by atoms with E-state index in [9.17, 15) is 14.7 Å². The second kappa shape index (κ2) is 12.7. The van der Waals surface area contributed by atoms with E-state index in [4.69, 9.17) is 10.7 Å². The molecule has 0 saturated heterocycles. The Labute approximate surface area is 221 Å². The molecule has 1 atom stereocenters. The highest BCUT2D eigenvalue weighted by Gasteiger charge is 2.21. The average molecular weight is 520 g/mol. The fourth-order valence-electron chi connectivity index (χ4n) is 4.55. The van der Waals surface area contributed by atoms with Gasteiger partial charge in [-0.3, -0.25) is 18.9 Å². The van der Waals surface area contributed by atoms with Crippen LogP contribution in [0.1, 0.15) is 43.6 Å². The number of nitrogens with zero attached hydrogens (tertiary/aromatic N) is 5. The van der Waals surface area contributed by atoms with E-state index in [1.165, 1.54) is 4.57 Å². The number of aromatic nitrogens is 5. The standard InChI is InChI=1S/C28H37N7O3/c1-3-14-35-27(37)25-26(34(28(35)38)15-11-20-7-9-22(29)10-8-20)32-24(17-21-6-5-12-30-18-21)33(25)16-13-31-19-23(36)4-2/h5-10,12,18,23,31,36H,3-4,11,13-17,19,29H2,1-2H3. The number of aliphatic hydroxyl groups excluding tert-OH is 1. The summed E-state index contributed by atoms with van der Waals surface area (Å²) in [5.74, 6) is 0.692. The van der Waals surface area contributed by atoms with Gasteiger partial charge in [0.1, 0.15) is 5.82 Å². The van der Waals surface area contributed by atoms with Crippen molar-refractivity contribution in [2.75, 3.05) is 18.8 Å². The number of nitrogens with one attached hydrogen (secondary N) is 1. The summed E-state index contributed by atoms with van der Waals surface area (Å²) in [5, 5.41) is 13.2. The molecule has 38 heavy (non-hydrogen) atoms. The number of hydrogen-bond acceptors (Lipinski definition) is 7. The molecule has 0 aliphatic heterocycles. The highest BCUT2D eigenvalue weighted by molar-refractivity contribution is 5.71. The Hall–Kier alpha value is -3.76. The summed E-state index contributed by atoms with van der Waals surface area (Å²) in [6, 6.07) is 11.4. The molecule has 0 radical (unpaired) electrons. The molecule has 10 nitrogen and oxygen atoms in total. The van der Waals surface area contributed by atoms with Gasteiger partial charge in [0.2, 0.25) is 0 Å². The smallest absolute Gasteiger partial charge is 0.332 e. The van der Waals surface area contributed by atoms with E-state index in [2.05, 4.69) is 10.3 Å². The molecule has 202 valence electrons. The molecule has 0 spiro atoms. The first-order chi connectivity index (χ1) is 18.4. The van der Waals surface area contributed by atoms with E-state index in [1.54, 1.807) is 17.0 Å². The van der Waals surface area contributed by atoms with Crippen LogP contribution in [0.15, 0.2) is 58.4 Å². The van der Waals surface area contributed by atoms with Crippen LogP contribution < -0.4 is 22.3 Å². The molecule has 3 heterocycles. The van der Waals surface area contributed by atoms with Gasteiger partial charge in [-0.2, -0.15) is 0 Å². The van der Waals surface area contributed by atoms with Crippen LogP contribution in [0.3, 0.4) is 0 Å². The lowest BCUT2D eigenvalue weighted by Gasteiger charge is -2.14. The quantitative estimate of drug-likeness (QED) is 0.182. The lowest BCUT2D eigenvalue weighted by Crippen LogP contribution is -2.41. The van der Waals surface area contributed by atoms with E-state index in [0.717, 1.165) is 11.1 Å². The van der Waals surface area contributed by atoms with Gasteiger partial charge in [0.15, 0.2) is 11.2 Å². The molecule has 3 aromatic heterocycles. The van der Waals surface area contributed by atoms with Crippen LogP contribution in [-0.4, -0.2) is 48.0 Å². The van der Waals surface area contributed by atoms with E-state index in [1.807, 2.05) is 54.8 Å². The maximum atomic E-state index is 13.7. The predicted molar refractivity (Wildman–Crippen MR) is 149 cm³/mol. The number of benzene rings is 1. The SMILES string of the molecule is CCCn1c(=O)c2c(nc(Cc3cccnc3)n2CCNCC(O)CC)n(CCc2ccc(N)cc2)c1=O. The highest BCUT2D eigenvalue weighted by Crippen LogP contribution is 2.16. The van der Waals surface area contributed by atoms with E-state index in [-0.39, 0.29) is 11.2 Å². The van der Waals surface area contributed by atoms with Crippen molar-refractivity contribution in [2.24, 2.45) is 0 Å². The van der Waals surface area contributed by atoms with E-state index >= 15 is 0 Å². The predicted octanol–water partition coefficient (Wildman–Crippen LogP) is 1.94. The summed E-state index contributed by atoms with van der Waals surface area (Å²) >= 11 is 0. The summed E-state index contributed by atoms with van der Waals surface area (Å²) in [7, 11) is 0. The van der Waals surface area contributed by atoms with Gasteiger partial charge >= 0.3 is 5.69 Å². The second-order valence-electron chi connectivity index (χ2n) is 9.54. The molecule has 0 aliphatic carbocycles. The molecule has 1 unspecified atom stereocenters. The van der Waals surface area contributed by atoms with Crippen molar-refractivity contribution in [2.45, 2.75) is 65.3 Å². The van der Waals surface area contributed by atoms with Crippen LogP contribution in [0.25, 0.3) is 11.2 Å². The maximum absolute atomic E-state index is 13.7. The Morgan fingerprint density at radius 2 is 1.79 bits per heavy atom. The van der Waals surface area contributed by atoms with E-state index < -0.39 is 6.10 Å². The molecule has 10 heteroatoms. The molecule has 0 saturated carbocycles. The van der Waals surface area contributed by atoms with Gasteiger partial charge in [0.25, 0.3) is 5.56 Å². The van der Waals surface area contributed by atoms with Gasteiger partial charge in [0, 0.05) is 57.2 Å². The molecular weight excluding hydrogens is 482 g/mol. The number of aliphatic hydroxyl groups is 1.